The second-order valence-electron chi connectivity index (χ2n) is 29.6. The van der Waals surface area contributed by atoms with E-state index in [1.807, 2.05) is 0 Å². The van der Waals surface area contributed by atoms with E-state index in [0.29, 0.717) is 57.4 Å². The molecule has 15 amide bonds. The Morgan fingerprint density at radius 2 is 0.748 bits per heavy atom. The summed E-state index contributed by atoms with van der Waals surface area (Å²) in [5.41, 5.74) is 31.8. The molecule has 0 aliphatic rings. The maximum atomic E-state index is 15.5. The van der Waals surface area contributed by atoms with Gasteiger partial charge >= 0.3 is 0 Å². The second kappa shape index (κ2) is 49.4. The summed E-state index contributed by atoms with van der Waals surface area (Å²) in [6.45, 7) is 2.36. The first-order valence-corrected chi connectivity index (χ1v) is 40.1. The Kier molecular flexibility index (Phi) is 38.9. The molecule has 0 fully saturated rings. The largest absolute Gasteiger partial charge is 0.394 e. The Balaban J connectivity index is 1.14. The van der Waals surface area contributed by atoms with Gasteiger partial charge < -0.3 is 128 Å². The molecule has 41 heteroatoms. The molecule has 0 unspecified atom stereocenters. The van der Waals surface area contributed by atoms with Gasteiger partial charge in [0, 0.05) is 68.0 Å². The lowest BCUT2D eigenvalue weighted by molar-refractivity contribution is -0.138. The van der Waals surface area contributed by atoms with E-state index in [0.717, 1.165) is 13.8 Å². The number of hydrogen-bond donors (Lipinski definition) is 24. The lowest BCUT2D eigenvalue weighted by Gasteiger charge is -2.29. The number of nitrogens with zero attached hydrogens (tertiary/aromatic N) is 2. The molecule has 0 aliphatic heterocycles. The maximum Gasteiger partial charge on any atom is 0.245 e. The molecule has 41 nitrogen and oxygen atoms in total. The fraction of sp³-hybridized carbons (Fsp3) is 0.427. The third-order valence-corrected chi connectivity index (χ3v) is 19.7. The van der Waals surface area contributed by atoms with E-state index in [1.165, 1.54) is 32.0 Å². The molecule has 7 rings (SSSR count). The number of benzene rings is 4. The van der Waals surface area contributed by atoms with Crippen LogP contribution in [0.2, 0.25) is 0 Å². The molecule has 0 aliphatic carbocycles. The minimum atomic E-state index is -1.92. The fourth-order valence-electron chi connectivity index (χ4n) is 13.0. The molecule has 662 valence electrons. The number of rotatable bonds is 52. The Bertz CT molecular complexity index is 4650. The summed E-state index contributed by atoms with van der Waals surface area (Å²) in [5, 5.41) is 66.1. The number of nitrogens with two attached hydrogens (primary N) is 5. The molecule has 0 saturated heterocycles. The Morgan fingerprint density at radius 3 is 1.16 bits per heavy atom. The van der Waals surface area contributed by atoms with Crippen LogP contribution < -0.4 is 97.8 Å². The summed E-state index contributed by atoms with van der Waals surface area (Å²) in [7, 11) is 0. The van der Waals surface area contributed by atoms with Gasteiger partial charge in [-0.15, -0.1) is 0 Å². The van der Waals surface area contributed by atoms with Gasteiger partial charge in [-0.1, -0.05) is 109 Å². The number of aliphatic hydroxyl groups is 3. The first kappa shape index (κ1) is 96.8. The van der Waals surface area contributed by atoms with Gasteiger partial charge in [0.1, 0.15) is 72.5 Å². The number of nitrogens with one attached hydrogen (secondary N) is 16. The molecule has 15 atom stereocenters. The summed E-state index contributed by atoms with van der Waals surface area (Å²) in [5.74, 6) is -15.1. The number of fused-ring (bicyclic) bond motifs is 1. The maximum absolute atomic E-state index is 15.5. The number of carbonyl (C=O) groups is 15. The van der Waals surface area contributed by atoms with Crippen LogP contribution >= 0.6 is 0 Å². The quantitative estimate of drug-likeness (QED) is 0.0158. The highest BCUT2D eigenvalue weighted by Gasteiger charge is 2.40. The molecule has 3 aromatic heterocycles. The van der Waals surface area contributed by atoms with Crippen molar-refractivity contribution in [2.75, 3.05) is 26.2 Å². The van der Waals surface area contributed by atoms with Gasteiger partial charge in [0.25, 0.3) is 0 Å². The highest BCUT2D eigenvalue weighted by molar-refractivity contribution is 6.01. The average molecular weight is 1710 g/mol. The zero-order chi connectivity index (χ0) is 89.7. The van der Waals surface area contributed by atoms with E-state index in [9.17, 15) is 72.9 Å². The molecule has 0 spiro atoms. The van der Waals surface area contributed by atoms with Gasteiger partial charge in [-0.3, -0.25) is 71.9 Å². The first-order valence-electron chi connectivity index (χ1n) is 40.1. The van der Waals surface area contributed by atoms with E-state index in [1.54, 1.807) is 121 Å². The molecular weight excluding hydrogens is 1600 g/mol. The number of imidazole rings is 2. The fourth-order valence-corrected chi connectivity index (χ4v) is 13.0. The van der Waals surface area contributed by atoms with Crippen LogP contribution in [0.1, 0.15) is 99.4 Å². The summed E-state index contributed by atoms with van der Waals surface area (Å²) < 4.78 is 0. The Labute approximate surface area is 707 Å². The van der Waals surface area contributed by atoms with Gasteiger partial charge in [-0.2, -0.15) is 0 Å². The first-order chi connectivity index (χ1) is 58.8. The van der Waals surface area contributed by atoms with Gasteiger partial charge in [0.2, 0.25) is 88.6 Å². The van der Waals surface area contributed by atoms with Gasteiger partial charge in [-0.25, -0.2) is 9.97 Å². The zero-order valence-electron chi connectivity index (χ0n) is 68.3. The van der Waals surface area contributed by atoms with Crippen molar-refractivity contribution >= 4 is 99.5 Å². The van der Waals surface area contributed by atoms with Crippen LogP contribution in [0.4, 0.5) is 0 Å². The number of aromatic nitrogens is 5. The minimum absolute atomic E-state index is 0.0949. The van der Waals surface area contributed by atoms with E-state index >= 15 is 14.4 Å². The topological polar surface area (TPSA) is 676 Å². The standard InChI is InChI=1S/C82H111N23O18/c1-45(85)71(112)91-41-67(110)94-63(36-53-40-89-44-93-53)77(118)95-56(27-15-17-29-83)72(113)101-64(37-66(86)109)78(119)99-59(31-48-19-7-4-8-20-48)74(115)98-60(32-49-21-9-5-10-22-49)75(116)100-62(34-51-38-90-55-26-14-13-25-54(51)55)76(117)96-57(28-16-18-30-84)73(114)104-68(46(2)107)81(122)102-61(33-50-23-11-6-12-24-50)79(120)105-69(47(3)108)82(123)103-65(42-106)80(121)97-58(70(87)111)35-52-39-88-43-92-52/h4-14,19-26,38-40,43-47,56-65,68-69,90,106-108H,15-18,27-37,41-42,83-85H2,1-3H3,(H2,86,109)(H2,87,111)(H,88,92)(H,89,93)(H,91,112)(H,94,110)(H,95,118)(H,96,117)(H,97,121)(H,98,115)(H,99,119)(H,100,116)(H,101,113)(H,102,122)(H,103,123)(H,104,114)(H,105,120)/t45-,46+,47+,56-,57-,58-,59-,60-,61-,62-,63-,64-,65-,68-,69-/m0/s1. The highest BCUT2D eigenvalue weighted by atomic mass is 16.3. The molecule has 0 radical (unpaired) electrons. The lowest BCUT2D eigenvalue weighted by atomic mass is 10.00. The van der Waals surface area contributed by atoms with E-state index in [2.05, 4.69) is 94.0 Å². The zero-order valence-corrected chi connectivity index (χ0v) is 68.3. The third-order valence-electron chi connectivity index (χ3n) is 19.7. The van der Waals surface area contributed by atoms with Crippen molar-refractivity contribution in [3.8, 4) is 0 Å². The number of amides is 15. The number of para-hydroxylation sites is 1. The summed E-state index contributed by atoms with van der Waals surface area (Å²) in [6.07, 6.45) is 2.12. The normalized spacial score (nSPS) is 14.8. The number of unbranched alkanes of at least 4 members (excludes halogenated alkanes) is 2. The SMILES string of the molecule is C[C@H](N)C(=O)NCC(=O)N[C@@H](Cc1c[nH]cn1)C(=O)N[C@@H](CCCCN)C(=O)N[C@@H](CC(N)=O)C(=O)N[C@@H](Cc1ccccc1)C(=O)N[C@@H](Cc1ccccc1)C(=O)N[C@@H](Cc1c[nH]c2ccccc12)C(=O)N[C@@H](CCCCN)C(=O)N[C@H](C(=O)N[C@@H](Cc1ccccc1)C(=O)N[C@H](C(=O)N[C@@H](CO)C(=O)N[C@@H](Cc1c[nH]cn1)C(N)=O)[C@@H](C)O)[C@@H](C)O. The number of carbonyl (C=O) groups excluding carboxylic acids is 15. The van der Waals surface area contributed by atoms with Crippen LogP contribution in [0.5, 0.6) is 0 Å². The van der Waals surface area contributed by atoms with Crippen LogP contribution in [0.25, 0.3) is 10.9 Å². The van der Waals surface area contributed by atoms with Crippen LogP contribution in [0.3, 0.4) is 0 Å². The van der Waals surface area contributed by atoms with Crippen molar-refractivity contribution in [3.05, 3.63) is 180 Å². The van der Waals surface area contributed by atoms with Crippen molar-refractivity contribution in [2.24, 2.45) is 28.7 Å². The van der Waals surface area contributed by atoms with Crippen molar-refractivity contribution < 1.29 is 87.2 Å². The van der Waals surface area contributed by atoms with Gasteiger partial charge in [0.05, 0.1) is 61.9 Å². The molecule has 0 saturated carbocycles. The van der Waals surface area contributed by atoms with E-state index in [-0.39, 0.29) is 77.3 Å². The second-order valence-corrected chi connectivity index (χ2v) is 29.6. The number of primary amides is 2. The smallest absolute Gasteiger partial charge is 0.245 e. The van der Waals surface area contributed by atoms with E-state index < -0.39 is 199 Å². The van der Waals surface area contributed by atoms with Crippen molar-refractivity contribution in [3.63, 3.8) is 0 Å². The number of hydrogen-bond acceptors (Lipinski definition) is 23. The predicted octanol–water partition coefficient (Wildman–Crippen LogP) is -5.98. The van der Waals surface area contributed by atoms with Crippen LogP contribution in [0, 0.1) is 0 Å². The summed E-state index contributed by atoms with van der Waals surface area (Å²) in [6, 6.07) is 11.0. The molecule has 123 heavy (non-hydrogen) atoms. The van der Waals surface area contributed by atoms with E-state index in [4.69, 9.17) is 28.7 Å². The highest BCUT2D eigenvalue weighted by Crippen LogP contribution is 2.21. The average Bonchev–Trinajstić information content (AvgIpc) is 1.72. The van der Waals surface area contributed by atoms with Crippen molar-refractivity contribution in [1.82, 2.24) is 94.0 Å². The molecule has 7 aromatic rings. The third kappa shape index (κ3) is 31.6. The predicted molar refractivity (Wildman–Crippen MR) is 446 cm³/mol. The van der Waals surface area contributed by atoms with Gasteiger partial charge in [0.15, 0.2) is 0 Å². The molecule has 4 aromatic carbocycles. The van der Waals surface area contributed by atoms with Gasteiger partial charge in [-0.05, 0) is 101 Å². The molecule has 29 N–H and O–H groups in total. The Hall–Kier alpha value is -13.3. The molecule has 3 heterocycles. The van der Waals surface area contributed by atoms with Crippen LogP contribution in [-0.4, -0.2) is 246 Å². The Morgan fingerprint density at radius 1 is 0.390 bits per heavy atom. The number of aliphatic hydroxyl groups excluding tert-OH is 3. The van der Waals surface area contributed by atoms with Crippen molar-refractivity contribution in [1.29, 1.82) is 0 Å². The lowest BCUT2D eigenvalue weighted by Crippen LogP contribution is -2.63. The van der Waals surface area contributed by atoms with Crippen molar-refractivity contribution in [2.45, 2.75) is 195 Å². The molecule has 0 bridgehead atoms. The number of H-pyrrole nitrogens is 3. The van der Waals surface area contributed by atoms with Crippen LogP contribution in [0.15, 0.2) is 147 Å². The number of aromatic amines is 3. The summed E-state index contributed by atoms with van der Waals surface area (Å²) >= 11 is 0. The van der Waals surface area contributed by atoms with Crippen LogP contribution in [-0.2, 0) is 110 Å². The minimum Gasteiger partial charge on any atom is -0.394 e. The monoisotopic (exact) mass is 1710 g/mol. The molecular formula is C82H111N23O18. The summed E-state index contributed by atoms with van der Waals surface area (Å²) in [4.78, 5) is 229.